The summed E-state index contributed by atoms with van der Waals surface area (Å²) in [5, 5.41) is 16.7. The predicted molar refractivity (Wildman–Crippen MR) is 31.3 cm³/mol. The van der Waals surface area contributed by atoms with Gasteiger partial charge in [-0.2, -0.15) is 0 Å². The Morgan fingerprint density at radius 1 is 1.56 bits per heavy atom. The largest absolute Gasteiger partial charge is 0.390 e. The Kier molecular flexibility index (Phi) is 1.75. The van der Waals surface area contributed by atoms with Crippen LogP contribution in [-0.2, 0) is 4.79 Å². The second-order valence-electron chi connectivity index (χ2n) is 2.13. The zero-order valence-electron chi connectivity index (χ0n) is 4.62. The molecule has 0 unspecified atom stereocenters. The molecule has 0 spiro atoms. The van der Waals surface area contributed by atoms with Crippen molar-refractivity contribution in [2.45, 2.75) is 24.0 Å². The summed E-state index contributed by atoms with van der Waals surface area (Å²) in [4.78, 5) is 10.5. The lowest BCUT2D eigenvalue weighted by Crippen LogP contribution is -2.26. The highest BCUT2D eigenvalue weighted by atomic mass is 35.5. The van der Waals surface area contributed by atoms with Crippen molar-refractivity contribution in [1.29, 1.82) is 0 Å². The number of Topliss-reactive ketones (excluding diaryl/α,β-unsaturated/α-hetero) is 1. The molecule has 0 aliphatic heterocycles. The van der Waals surface area contributed by atoms with Crippen molar-refractivity contribution in [2.75, 3.05) is 0 Å². The third-order valence-electron chi connectivity index (χ3n) is 1.41. The van der Waals surface area contributed by atoms with Crippen LogP contribution in [0.5, 0.6) is 0 Å². The van der Waals surface area contributed by atoms with E-state index in [1.807, 2.05) is 0 Å². The Hall–Kier alpha value is -0.120. The lowest BCUT2D eigenvalue weighted by Gasteiger charge is -2.06. The fourth-order valence-electron chi connectivity index (χ4n) is 0.825. The molecule has 0 heterocycles. The predicted octanol–water partition coefficient (Wildman–Crippen LogP) is -0.712. The summed E-state index contributed by atoms with van der Waals surface area (Å²) in [6.45, 7) is 0. The van der Waals surface area contributed by atoms with Gasteiger partial charge < -0.3 is 10.2 Å². The number of ketones is 1. The first-order valence-corrected chi connectivity index (χ1v) is 3.09. The van der Waals surface area contributed by atoms with E-state index < -0.39 is 17.6 Å². The van der Waals surface area contributed by atoms with Gasteiger partial charge in [0.1, 0.15) is 11.5 Å². The fraction of sp³-hybridized carbons (Fsp3) is 0.800. The molecule has 2 N–H and O–H groups in total. The number of carbonyl (C=O) groups is 1. The molecule has 1 saturated carbocycles. The summed E-state index contributed by atoms with van der Waals surface area (Å²) >= 11 is 5.35. The lowest BCUT2D eigenvalue weighted by molar-refractivity contribution is -0.117. The Bertz CT molecular complexity index is 136. The van der Waals surface area contributed by atoms with Crippen molar-refractivity contribution in [2.24, 2.45) is 0 Å². The summed E-state index contributed by atoms with van der Waals surface area (Å²) in [6.07, 6.45) is -2.05. The van der Waals surface area contributed by atoms with E-state index in [1.54, 1.807) is 0 Å². The molecular weight excluding hydrogens is 144 g/mol. The maximum Gasteiger partial charge on any atom is 0.156 e. The van der Waals surface area contributed by atoms with Crippen LogP contribution in [0.1, 0.15) is 6.42 Å². The number of aliphatic hydroxyl groups excluding tert-OH is 2. The summed E-state index contributed by atoms with van der Waals surface area (Å²) in [7, 11) is 0. The first kappa shape index (κ1) is 6.99. The minimum atomic E-state index is -1.07. The smallest absolute Gasteiger partial charge is 0.156 e. The summed E-state index contributed by atoms with van der Waals surface area (Å²) < 4.78 is 0. The molecule has 1 aliphatic carbocycles. The molecule has 4 heteroatoms. The Morgan fingerprint density at radius 3 is 2.22 bits per heavy atom. The van der Waals surface area contributed by atoms with Crippen LogP contribution in [0.2, 0.25) is 0 Å². The molecule has 1 rings (SSSR count). The number of carbonyl (C=O) groups excluding carboxylic acids is 1. The molecule has 0 aromatic rings. The van der Waals surface area contributed by atoms with Gasteiger partial charge in [-0.25, -0.2) is 0 Å². The minimum absolute atomic E-state index is 0.0185. The van der Waals surface area contributed by atoms with Crippen LogP contribution in [-0.4, -0.2) is 33.6 Å². The Balaban J connectivity index is 2.65. The van der Waals surface area contributed by atoms with E-state index in [0.29, 0.717) is 0 Å². The van der Waals surface area contributed by atoms with Gasteiger partial charge in [0.25, 0.3) is 0 Å². The highest BCUT2D eigenvalue weighted by Crippen LogP contribution is 2.20. The zero-order chi connectivity index (χ0) is 7.02. The highest BCUT2D eigenvalue weighted by molar-refractivity contribution is 6.32. The first-order valence-electron chi connectivity index (χ1n) is 2.66. The summed E-state index contributed by atoms with van der Waals surface area (Å²) in [6, 6.07) is 0. The molecule has 0 aromatic carbocycles. The lowest BCUT2D eigenvalue weighted by atomic mass is 10.3. The van der Waals surface area contributed by atoms with Crippen LogP contribution in [0.4, 0.5) is 0 Å². The first-order chi connectivity index (χ1) is 4.13. The van der Waals surface area contributed by atoms with Crippen molar-refractivity contribution in [1.82, 2.24) is 0 Å². The van der Waals surface area contributed by atoms with Gasteiger partial charge in [-0.05, 0) is 0 Å². The van der Waals surface area contributed by atoms with Gasteiger partial charge in [0, 0.05) is 6.42 Å². The highest BCUT2D eigenvalue weighted by Gasteiger charge is 2.38. The van der Waals surface area contributed by atoms with E-state index in [0.717, 1.165) is 0 Å². The molecule has 52 valence electrons. The number of halogens is 1. The van der Waals surface area contributed by atoms with E-state index in [4.69, 9.17) is 21.8 Å². The van der Waals surface area contributed by atoms with Gasteiger partial charge >= 0.3 is 0 Å². The average molecular weight is 151 g/mol. The number of aliphatic hydroxyl groups is 2. The molecule has 0 aromatic heterocycles. The van der Waals surface area contributed by atoms with Gasteiger partial charge in [-0.15, -0.1) is 11.6 Å². The van der Waals surface area contributed by atoms with Gasteiger partial charge in [0.15, 0.2) is 5.78 Å². The van der Waals surface area contributed by atoms with E-state index in [1.165, 1.54) is 0 Å². The molecule has 3 nitrogen and oxygen atoms in total. The van der Waals surface area contributed by atoms with Crippen LogP contribution in [0.15, 0.2) is 0 Å². The molecule has 0 radical (unpaired) electrons. The van der Waals surface area contributed by atoms with Crippen LogP contribution in [0.3, 0.4) is 0 Å². The third-order valence-corrected chi connectivity index (χ3v) is 1.91. The second kappa shape index (κ2) is 2.25. The Labute approximate surface area is 57.2 Å². The van der Waals surface area contributed by atoms with Crippen LogP contribution < -0.4 is 0 Å². The van der Waals surface area contributed by atoms with Crippen LogP contribution in [0, 0.1) is 0 Å². The van der Waals surface area contributed by atoms with Crippen molar-refractivity contribution in [3.05, 3.63) is 0 Å². The fourth-order valence-corrected chi connectivity index (χ4v) is 1.08. The molecule has 1 fully saturated rings. The molecule has 0 amide bonds. The number of hydrogen-bond acceptors (Lipinski definition) is 3. The summed E-state index contributed by atoms with van der Waals surface area (Å²) in [5.41, 5.74) is 0. The van der Waals surface area contributed by atoms with Gasteiger partial charge in [0.2, 0.25) is 0 Å². The zero-order valence-corrected chi connectivity index (χ0v) is 5.38. The Morgan fingerprint density at radius 2 is 2.11 bits per heavy atom. The van der Waals surface area contributed by atoms with Gasteiger partial charge in [-0.3, -0.25) is 4.79 Å². The van der Waals surface area contributed by atoms with Crippen molar-refractivity contribution in [3.8, 4) is 0 Å². The summed E-state index contributed by atoms with van der Waals surface area (Å²) in [5.74, 6) is -0.281. The molecule has 3 atom stereocenters. The van der Waals surface area contributed by atoms with Crippen LogP contribution in [0.25, 0.3) is 0 Å². The van der Waals surface area contributed by atoms with Crippen molar-refractivity contribution < 1.29 is 15.0 Å². The normalized spacial score (nSPS) is 43.9. The topological polar surface area (TPSA) is 57.5 Å². The van der Waals surface area contributed by atoms with Gasteiger partial charge in [-0.1, -0.05) is 0 Å². The monoisotopic (exact) mass is 150 g/mol. The molecule has 0 bridgehead atoms. The van der Waals surface area contributed by atoms with Gasteiger partial charge in [0.05, 0.1) is 6.10 Å². The standard InChI is InChI=1S/C5H7ClO3/c6-4-2(7)1-3(8)5(4)9/h3-5,8-9H,1H2/t3-,4-,5-/m1/s1. The minimum Gasteiger partial charge on any atom is -0.390 e. The second-order valence-corrected chi connectivity index (χ2v) is 2.60. The molecular formula is C5H7ClO3. The van der Waals surface area contributed by atoms with E-state index in [2.05, 4.69) is 0 Å². The van der Waals surface area contributed by atoms with Crippen LogP contribution >= 0.6 is 11.6 Å². The maximum absolute atomic E-state index is 10.5. The third kappa shape index (κ3) is 1.08. The number of rotatable bonds is 0. The number of alkyl halides is 1. The quantitative estimate of drug-likeness (QED) is 0.449. The number of hydrogen-bond donors (Lipinski definition) is 2. The molecule has 1 aliphatic rings. The van der Waals surface area contributed by atoms with E-state index in [-0.39, 0.29) is 12.2 Å². The van der Waals surface area contributed by atoms with Crippen molar-refractivity contribution in [3.63, 3.8) is 0 Å². The van der Waals surface area contributed by atoms with Crippen molar-refractivity contribution >= 4 is 17.4 Å². The average Bonchev–Trinajstić information content (AvgIpc) is 1.98. The van der Waals surface area contributed by atoms with E-state index in [9.17, 15) is 4.79 Å². The van der Waals surface area contributed by atoms with E-state index >= 15 is 0 Å². The SMILES string of the molecule is O=C1C[C@@H](O)[C@@H](O)[C@@H]1Cl. The maximum atomic E-state index is 10.5. The molecule has 0 saturated heterocycles. The molecule has 9 heavy (non-hydrogen) atoms.